The fourth-order valence-corrected chi connectivity index (χ4v) is 4.58. The zero-order valence-corrected chi connectivity index (χ0v) is 16.5. The van der Waals surface area contributed by atoms with Crippen molar-refractivity contribution >= 4 is 34.0 Å². The minimum Gasteiger partial charge on any atom is -0.345 e. The van der Waals surface area contributed by atoms with Crippen LogP contribution in [0.15, 0.2) is 29.8 Å². The summed E-state index contributed by atoms with van der Waals surface area (Å²) in [7, 11) is 0. The van der Waals surface area contributed by atoms with Crippen LogP contribution in [0.3, 0.4) is 0 Å². The van der Waals surface area contributed by atoms with Gasteiger partial charge in [0, 0.05) is 56.4 Å². The molecule has 2 aliphatic heterocycles. The first-order valence-corrected chi connectivity index (χ1v) is 10.2. The van der Waals surface area contributed by atoms with E-state index in [2.05, 4.69) is 9.88 Å². The number of hydrogen-bond acceptors (Lipinski definition) is 5. The molecule has 1 atom stereocenters. The molecule has 0 spiro atoms. The van der Waals surface area contributed by atoms with E-state index in [0.717, 1.165) is 35.0 Å². The van der Waals surface area contributed by atoms with Crippen LogP contribution in [0.2, 0.25) is 0 Å². The van der Waals surface area contributed by atoms with Crippen molar-refractivity contribution in [3.63, 3.8) is 0 Å². The first-order chi connectivity index (χ1) is 13.0. The molecule has 3 heterocycles. The molecule has 2 aliphatic rings. The second-order valence-corrected chi connectivity index (χ2v) is 8.12. The molecule has 27 heavy (non-hydrogen) atoms. The van der Waals surface area contributed by atoms with Crippen molar-refractivity contribution < 1.29 is 9.59 Å². The van der Waals surface area contributed by atoms with Gasteiger partial charge in [-0.1, -0.05) is 12.1 Å². The summed E-state index contributed by atoms with van der Waals surface area (Å²) in [6.45, 7) is 7.52. The maximum absolute atomic E-state index is 13.0. The average molecular weight is 385 g/mol. The van der Waals surface area contributed by atoms with Crippen LogP contribution in [0.25, 0.3) is 0 Å². The molecule has 2 aromatic rings. The normalized spacial score (nSPS) is 20.4. The number of hydrogen-bond donors (Lipinski definition) is 0. The molecule has 1 aromatic heterocycles. The number of anilines is 2. The van der Waals surface area contributed by atoms with Crippen molar-refractivity contribution in [3.05, 3.63) is 40.9 Å². The first-order valence-electron chi connectivity index (χ1n) is 9.34. The van der Waals surface area contributed by atoms with E-state index < -0.39 is 0 Å². The second kappa shape index (κ2) is 7.31. The number of nitrogens with zero attached hydrogens (tertiary/aromatic N) is 4. The van der Waals surface area contributed by atoms with Crippen LogP contribution in [0.5, 0.6) is 0 Å². The summed E-state index contributed by atoms with van der Waals surface area (Å²) >= 11 is 1.63. The highest BCUT2D eigenvalue weighted by molar-refractivity contribution is 7.13. The minimum atomic E-state index is -0.246. The highest BCUT2D eigenvalue weighted by Crippen LogP contribution is 2.30. The van der Waals surface area contributed by atoms with E-state index in [1.807, 2.05) is 48.5 Å². The maximum Gasteiger partial charge on any atom is 0.228 e. The van der Waals surface area contributed by atoms with Crippen molar-refractivity contribution in [2.75, 3.05) is 42.5 Å². The highest BCUT2D eigenvalue weighted by Gasteiger charge is 2.38. The third-order valence-electron chi connectivity index (χ3n) is 5.62. The number of aromatic nitrogens is 1. The Morgan fingerprint density at radius 3 is 2.67 bits per heavy atom. The molecule has 0 aliphatic carbocycles. The SMILES string of the molecule is Cc1cccc(N2CC(C(=O)N3CCN(c4nccs4)CC3)CC2=O)c1C. The Kier molecular flexibility index (Phi) is 4.86. The van der Waals surface area contributed by atoms with Gasteiger partial charge in [0.25, 0.3) is 0 Å². The molecule has 2 fully saturated rings. The van der Waals surface area contributed by atoms with Crippen molar-refractivity contribution in [1.82, 2.24) is 9.88 Å². The molecule has 2 saturated heterocycles. The predicted molar refractivity (Wildman–Crippen MR) is 107 cm³/mol. The lowest BCUT2D eigenvalue weighted by Crippen LogP contribution is -2.50. The lowest BCUT2D eigenvalue weighted by Gasteiger charge is -2.35. The van der Waals surface area contributed by atoms with Crippen molar-refractivity contribution in [3.8, 4) is 0 Å². The number of amides is 2. The van der Waals surface area contributed by atoms with Gasteiger partial charge in [-0.2, -0.15) is 0 Å². The molecule has 4 rings (SSSR count). The quantitative estimate of drug-likeness (QED) is 0.816. The maximum atomic E-state index is 13.0. The number of benzene rings is 1. The summed E-state index contributed by atoms with van der Waals surface area (Å²) < 4.78 is 0. The van der Waals surface area contributed by atoms with E-state index in [0.29, 0.717) is 26.1 Å². The Bertz CT molecular complexity index is 844. The Morgan fingerprint density at radius 1 is 1.19 bits per heavy atom. The molecule has 142 valence electrons. The summed E-state index contributed by atoms with van der Waals surface area (Å²) in [6.07, 6.45) is 2.11. The first kappa shape index (κ1) is 18.0. The van der Waals surface area contributed by atoms with Gasteiger partial charge < -0.3 is 14.7 Å². The number of carbonyl (C=O) groups is 2. The van der Waals surface area contributed by atoms with Crippen LogP contribution >= 0.6 is 11.3 Å². The fraction of sp³-hybridized carbons (Fsp3) is 0.450. The average Bonchev–Trinajstić information content (AvgIpc) is 3.34. The number of thiazole rings is 1. The van der Waals surface area contributed by atoms with Gasteiger partial charge in [0.15, 0.2) is 5.13 Å². The number of carbonyl (C=O) groups excluding carboxylic acids is 2. The molecule has 1 unspecified atom stereocenters. The Labute approximate surface area is 163 Å². The standard InChI is InChI=1S/C20H24N4O2S/c1-14-4-3-5-17(15(14)2)24-13-16(12-18(24)25)19(26)22-7-9-23(10-8-22)20-21-6-11-27-20/h3-6,11,16H,7-10,12-13H2,1-2H3. The van der Waals surface area contributed by atoms with Gasteiger partial charge in [-0.25, -0.2) is 4.98 Å². The van der Waals surface area contributed by atoms with Gasteiger partial charge >= 0.3 is 0 Å². The summed E-state index contributed by atoms with van der Waals surface area (Å²) in [5.41, 5.74) is 3.20. The molecule has 7 heteroatoms. The highest BCUT2D eigenvalue weighted by atomic mass is 32.1. The van der Waals surface area contributed by atoms with Gasteiger partial charge in [-0.15, -0.1) is 11.3 Å². The summed E-state index contributed by atoms with van der Waals surface area (Å²) in [5, 5.41) is 2.98. The topological polar surface area (TPSA) is 56.8 Å². The molecular formula is C20H24N4O2S. The summed E-state index contributed by atoms with van der Waals surface area (Å²) in [5.74, 6) is -0.0951. The number of aryl methyl sites for hydroxylation is 1. The van der Waals surface area contributed by atoms with E-state index >= 15 is 0 Å². The van der Waals surface area contributed by atoms with E-state index in [-0.39, 0.29) is 17.7 Å². The van der Waals surface area contributed by atoms with Crippen LogP contribution in [-0.4, -0.2) is 54.4 Å². The lowest BCUT2D eigenvalue weighted by molar-refractivity contribution is -0.136. The third-order valence-corrected chi connectivity index (χ3v) is 6.45. The largest absolute Gasteiger partial charge is 0.345 e. The van der Waals surface area contributed by atoms with Crippen LogP contribution in [-0.2, 0) is 9.59 Å². The van der Waals surface area contributed by atoms with Crippen LogP contribution in [0, 0.1) is 19.8 Å². The Hall–Kier alpha value is -2.41. The molecule has 0 radical (unpaired) electrons. The molecule has 0 saturated carbocycles. The van der Waals surface area contributed by atoms with Gasteiger partial charge in [0.1, 0.15) is 0 Å². The number of rotatable bonds is 3. The Morgan fingerprint density at radius 2 is 1.96 bits per heavy atom. The molecular weight excluding hydrogens is 360 g/mol. The van der Waals surface area contributed by atoms with Gasteiger partial charge in [0.05, 0.1) is 5.92 Å². The third kappa shape index (κ3) is 3.43. The number of piperazine rings is 1. The smallest absolute Gasteiger partial charge is 0.228 e. The summed E-state index contributed by atoms with van der Waals surface area (Å²) in [6, 6.07) is 5.99. The monoisotopic (exact) mass is 384 g/mol. The zero-order valence-electron chi connectivity index (χ0n) is 15.7. The molecule has 2 amide bonds. The van der Waals surface area contributed by atoms with Crippen LogP contribution in [0.4, 0.5) is 10.8 Å². The van der Waals surface area contributed by atoms with Gasteiger partial charge in [-0.05, 0) is 31.0 Å². The van der Waals surface area contributed by atoms with E-state index in [4.69, 9.17) is 0 Å². The molecule has 0 bridgehead atoms. The van der Waals surface area contributed by atoms with Gasteiger partial charge in [-0.3, -0.25) is 9.59 Å². The van der Waals surface area contributed by atoms with E-state index in [1.54, 1.807) is 16.2 Å². The van der Waals surface area contributed by atoms with Crippen LogP contribution in [0.1, 0.15) is 17.5 Å². The van der Waals surface area contributed by atoms with Crippen molar-refractivity contribution in [1.29, 1.82) is 0 Å². The van der Waals surface area contributed by atoms with E-state index in [1.165, 1.54) is 0 Å². The van der Waals surface area contributed by atoms with Crippen LogP contribution < -0.4 is 9.80 Å². The van der Waals surface area contributed by atoms with Gasteiger partial charge in [0.2, 0.25) is 11.8 Å². The molecule has 0 N–H and O–H groups in total. The second-order valence-electron chi connectivity index (χ2n) is 7.25. The minimum absolute atomic E-state index is 0.0449. The predicted octanol–water partition coefficient (Wildman–Crippen LogP) is 2.46. The summed E-state index contributed by atoms with van der Waals surface area (Å²) in [4.78, 5) is 35.8. The molecule has 1 aromatic carbocycles. The Balaban J connectivity index is 1.40. The van der Waals surface area contributed by atoms with Crippen molar-refractivity contribution in [2.45, 2.75) is 20.3 Å². The fourth-order valence-electron chi connectivity index (χ4n) is 3.88. The lowest BCUT2D eigenvalue weighted by atomic mass is 10.1. The molecule has 6 nitrogen and oxygen atoms in total. The zero-order chi connectivity index (χ0) is 19.0. The van der Waals surface area contributed by atoms with E-state index in [9.17, 15) is 9.59 Å². The van der Waals surface area contributed by atoms with Crippen molar-refractivity contribution in [2.24, 2.45) is 5.92 Å².